The first-order valence-corrected chi connectivity index (χ1v) is 13.3. The van der Waals surface area contributed by atoms with Crippen molar-refractivity contribution >= 4 is 19.2 Å². The number of alkyl halides is 3. The minimum Gasteiger partial charge on any atom is -0.507 e. The zero-order valence-corrected chi connectivity index (χ0v) is 18.6. The quantitative estimate of drug-likeness (QED) is 0.426. The number of hydrogen-bond acceptors (Lipinski definition) is 5. The fraction of sp³-hybridized carbons (Fsp3) is 0.450. The molecule has 6 nitrogen and oxygen atoms in total. The summed E-state index contributed by atoms with van der Waals surface area (Å²) in [6.07, 6.45) is -2.97. The molecule has 1 aromatic carbocycles. The van der Waals surface area contributed by atoms with Gasteiger partial charge in [-0.1, -0.05) is 19.6 Å². The van der Waals surface area contributed by atoms with Gasteiger partial charge in [-0.15, -0.1) is 0 Å². The Morgan fingerprint density at radius 1 is 1.13 bits per heavy atom. The van der Waals surface area contributed by atoms with Crippen LogP contribution in [0.1, 0.15) is 16.8 Å². The van der Waals surface area contributed by atoms with Gasteiger partial charge >= 0.3 is 6.18 Å². The van der Waals surface area contributed by atoms with E-state index < -0.39 is 25.6 Å². The number of fused-ring (bicyclic) bond motifs is 1. The van der Waals surface area contributed by atoms with Crippen LogP contribution >= 0.6 is 0 Å². The summed E-state index contributed by atoms with van der Waals surface area (Å²) >= 11 is 0. The summed E-state index contributed by atoms with van der Waals surface area (Å²) in [6, 6.07) is 2.72. The molecule has 2 heterocycles. The summed E-state index contributed by atoms with van der Waals surface area (Å²) in [5.41, 5.74) is 1.37. The van der Waals surface area contributed by atoms with Crippen LogP contribution in [0, 0.1) is 13.8 Å². The second-order valence-corrected chi connectivity index (χ2v) is 14.2. The molecule has 2 aromatic heterocycles. The predicted octanol–water partition coefficient (Wildman–Crippen LogP) is 5.15. The van der Waals surface area contributed by atoms with Gasteiger partial charge in [-0.3, -0.25) is 0 Å². The average molecular weight is 439 g/mol. The molecule has 3 rings (SSSR count). The lowest BCUT2D eigenvalue weighted by Crippen LogP contribution is -2.22. The van der Waals surface area contributed by atoms with E-state index in [0.29, 0.717) is 35.2 Å². The van der Waals surface area contributed by atoms with Gasteiger partial charge < -0.3 is 9.84 Å². The number of aromatic nitrogens is 4. The monoisotopic (exact) mass is 438 g/mol. The summed E-state index contributed by atoms with van der Waals surface area (Å²) < 4.78 is 46.4. The number of phenolic OH excluding ortho intramolecular Hbond substituents is 1. The van der Waals surface area contributed by atoms with Crippen molar-refractivity contribution < 1.29 is 23.0 Å². The van der Waals surface area contributed by atoms with Gasteiger partial charge in [0.15, 0.2) is 5.65 Å². The number of hydrogen-bond donors (Lipinski definition) is 1. The van der Waals surface area contributed by atoms with Gasteiger partial charge in [0.05, 0.1) is 23.1 Å². The molecule has 0 aliphatic rings. The maximum Gasteiger partial charge on any atom is 0.416 e. The van der Waals surface area contributed by atoms with Gasteiger partial charge in [0.25, 0.3) is 0 Å². The predicted molar refractivity (Wildman–Crippen MR) is 111 cm³/mol. The van der Waals surface area contributed by atoms with Crippen molar-refractivity contribution in [3.8, 4) is 17.0 Å². The molecule has 0 fully saturated rings. The second-order valence-electron chi connectivity index (χ2n) is 8.54. The second kappa shape index (κ2) is 7.99. The van der Waals surface area contributed by atoms with Crippen molar-refractivity contribution in [1.29, 1.82) is 0 Å². The van der Waals surface area contributed by atoms with Crippen molar-refractivity contribution in [3.05, 3.63) is 35.2 Å². The van der Waals surface area contributed by atoms with Crippen LogP contribution < -0.4 is 0 Å². The molecule has 0 atom stereocenters. The molecule has 0 saturated heterocycles. The van der Waals surface area contributed by atoms with Crippen molar-refractivity contribution in [3.63, 3.8) is 0 Å². The highest BCUT2D eigenvalue weighted by atomic mass is 28.3. The molecule has 3 aromatic rings. The number of rotatable bonds is 6. The summed E-state index contributed by atoms with van der Waals surface area (Å²) in [7, 11) is -1.21. The number of aromatic hydroxyl groups is 1. The van der Waals surface area contributed by atoms with E-state index >= 15 is 0 Å². The highest BCUT2D eigenvalue weighted by Crippen LogP contribution is 2.39. The molecule has 0 bridgehead atoms. The van der Waals surface area contributed by atoms with Crippen molar-refractivity contribution in [1.82, 2.24) is 19.7 Å². The molecule has 0 aliphatic carbocycles. The lowest BCUT2D eigenvalue weighted by atomic mass is 9.99. The van der Waals surface area contributed by atoms with E-state index in [1.165, 1.54) is 6.92 Å². The number of ether oxygens (including phenoxy) is 1. The first-order chi connectivity index (χ1) is 13.9. The zero-order chi connectivity index (χ0) is 22.3. The minimum absolute atomic E-state index is 0.198. The molecule has 10 heteroatoms. The third-order valence-corrected chi connectivity index (χ3v) is 6.43. The van der Waals surface area contributed by atoms with Crippen LogP contribution in [0.3, 0.4) is 0 Å². The standard InChI is InChI=1S/C20H25F3N4O2Si/c1-12-8-14(20(21,22)23)9-16(28)17(12)18-13(2)25-15-10-24-27(19(15)26-18)11-29-6-7-30(3,4)5/h8-10,28H,6-7,11H2,1-5H3. The van der Waals surface area contributed by atoms with E-state index in [-0.39, 0.29) is 17.9 Å². The Balaban J connectivity index is 1.97. The van der Waals surface area contributed by atoms with Gasteiger partial charge in [-0.25, -0.2) is 14.6 Å². The van der Waals surface area contributed by atoms with Gasteiger partial charge in [-0.05, 0) is 37.6 Å². The first-order valence-electron chi connectivity index (χ1n) is 9.56. The molecule has 0 radical (unpaired) electrons. The van der Waals surface area contributed by atoms with Crippen LogP contribution in [-0.4, -0.2) is 39.5 Å². The Morgan fingerprint density at radius 2 is 1.83 bits per heavy atom. The number of nitrogens with zero attached hydrogens (tertiary/aromatic N) is 4. The minimum atomic E-state index is -4.54. The number of halogens is 3. The number of aryl methyl sites for hydroxylation is 2. The molecule has 30 heavy (non-hydrogen) atoms. The average Bonchev–Trinajstić information content (AvgIpc) is 2.98. The van der Waals surface area contributed by atoms with Gasteiger partial charge in [-0.2, -0.15) is 18.3 Å². The normalized spacial score (nSPS) is 12.7. The van der Waals surface area contributed by atoms with Gasteiger partial charge in [0.1, 0.15) is 18.0 Å². The van der Waals surface area contributed by atoms with E-state index in [1.807, 2.05) is 0 Å². The fourth-order valence-corrected chi connectivity index (χ4v) is 3.84. The molecule has 0 unspecified atom stereocenters. The Bertz CT molecular complexity index is 1050. The van der Waals surface area contributed by atoms with Crippen LogP contribution in [0.2, 0.25) is 25.7 Å². The number of benzene rings is 1. The lowest BCUT2D eigenvalue weighted by Gasteiger charge is -2.16. The van der Waals surface area contributed by atoms with E-state index in [1.54, 1.807) is 17.8 Å². The van der Waals surface area contributed by atoms with Gasteiger partial charge in [0, 0.05) is 20.2 Å². The topological polar surface area (TPSA) is 73.1 Å². The van der Waals surface area contributed by atoms with Crippen LogP contribution in [0.4, 0.5) is 13.2 Å². The van der Waals surface area contributed by atoms with Crippen molar-refractivity contribution in [2.45, 2.75) is 52.4 Å². The van der Waals surface area contributed by atoms with E-state index in [9.17, 15) is 18.3 Å². The molecule has 0 aliphatic heterocycles. The van der Waals surface area contributed by atoms with Crippen LogP contribution in [0.5, 0.6) is 5.75 Å². The van der Waals surface area contributed by atoms with Crippen molar-refractivity contribution in [2.24, 2.45) is 0 Å². The van der Waals surface area contributed by atoms with E-state index in [2.05, 4.69) is 34.7 Å². The maximum absolute atomic E-state index is 13.0. The van der Waals surface area contributed by atoms with E-state index in [0.717, 1.165) is 12.1 Å². The molecule has 162 valence electrons. The summed E-state index contributed by atoms with van der Waals surface area (Å²) in [4.78, 5) is 9.04. The third-order valence-electron chi connectivity index (χ3n) is 4.73. The Labute approximate surface area is 173 Å². The van der Waals surface area contributed by atoms with Gasteiger partial charge in [0.2, 0.25) is 0 Å². The third kappa shape index (κ3) is 4.81. The SMILES string of the molecule is Cc1cc(C(F)(F)F)cc(O)c1-c1nc2c(cnn2COCC[Si](C)(C)C)nc1C. The fourth-order valence-electron chi connectivity index (χ4n) is 3.08. The largest absolute Gasteiger partial charge is 0.507 e. The van der Waals surface area contributed by atoms with E-state index in [4.69, 9.17) is 4.74 Å². The first kappa shape index (κ1) is 22.2. The molecule has 0 spiro atoms. The summed E-state index contributed by atoms with van der Waals surface area (Å²) in [6.45, 7) is 10.8. The smallest absolute Gasteiger partial charge is 0.416 e. The Morgan fingerprint density at radius 3 is 2.43 bits per heavy atom. The molecule has 0 amide bonds. The molecule has 0 saturated carbocycles. The van der Waals surface area contributed by atoms with Crippen LogP contribution in [0.15, 0.2) is 18.3 Å². The van der Waals surface area contributed by atoms with Crippen LogP contribution in [-0.2, 0) is 17.6 Å². The Kier molecular flexibility index (Phi) is 5.92. The highest BCUT2D eigenvalue weighted by molar-refractivity contribution is 6.76. The highest BCUT2D eigenvalue weighted by Gasteiger charge is 2.32. The van der Waals surface area contributed by atoms with Crippen LogP contribution in [0.25, 0.3) is 22.4 Å². The number of phenols is 1. The van der Waals surface area contributed by atoms with Crippen molar-refractivity contribution in [2.75, 3.05) is 6.61 Å². The maximum atomic E-state index is 13.0. The Hall–Kier alpha value is -2.46. The molecular formula is C20H25F3N4O2Si. The summed E-state index contributed by atoms with van der Waals surface area (Å²) in [5, 5.41) is 14.6. The molecular weight excluding hydrogens is 413 g/mol. The lowest BCUT2D eigenvalue weighted by molar-refractivity contribution is -0.137. The summed E-state index contributed by atoms with van der Waals surface area (Å²) in [5.74, 6) is -0.489. The molecule has 1 N–H and O–H groups in total. The zero-order valence-electron chi connectivity index (χ0n) is 17.6.